The third-order valence-electron chi connectivity index (χ3n) is 7.49. The number of rotatable bonds is 8. The van der Waals surface area contributed by atoms with Crippen molar-refractivity contribution in [3.63, 3.8) is 0 Å². The van der Waals surface area contributed by atoms with Gasteiger partial charge in [0.25, 0.3) is 12.3 Å². The number of carbonyl (C=O) groups excluding carboxylic acids is 2. The second kappa shape index (κ2) is 12.7. The Balaban J connectivity index is 1.23. The van der Waals surface area contributed by atoms with Gasteiger partial charge in [0, 0.05) is 57.7 Å². The van der Waals surface area contributed by atoms with Crippen LogP contribution in [0.4, 0.5) is 32.4 Å². The fourth-order valence-electron chi connectivity index (χ4n) is 5.15. The van der Waals surface area contributed by atoms with Crippen molar-refractivity contribution < 1.29 is 40.0 Å². The van der Waals surface area contributed by atoms with E-state index in [0.717, 1.165) is 29.9 Å². The van der Waals surface area contributed by atoms with E-state index in [1.54, 1.807) is 4.90 Å². The molecule has 0 unspecified atom stereocenters. The van der Waals surface area contributed by atoms with E-state index in [0.29, 0.717) is 11.2 Å². The molecule has 0 spiro atoms. The number of nitrogens with zero attached hydrogens (tertiary/aromatic N) is 6. The summed E-state index contributed by atoms with van der Waals surface area (Å²) >= 11 is 0. The van der Waals surface area contributed by atoms with Gasteiger partial charge in [0.2, 0.25) is 10.0 Å². The predicted octanol–water partition coefficient (Wildman–Crippen LogP) is 2.20. The summed E-state index contributed by atoms with van der Waals surface area (Å²) in [6, 6.07) is 5.12. The Kier molecular flexibility index (Phi) is 9.13. The number of anilines is 1. The topological polar surface area (TPSA) is 146 Å². The van der Waals surface area contributed by atoms with Crippen LogP contribution in [-0.4, -0.2) is 101 Å². The first-order valence-corrected chi connectivity index (χ1v) is 15.3. The number of hydrogen-bond donors (Lipinski definition) is 3. The first-order chi connectivity index (χ1) is 21.2. The Morgan fingerprint density at radius 3 is 2.40 bits per heavy atom. The SMILES string of the molecule is Cn1c(-c2cn(CC(F)F)nc2C(F)(F)F)cnc1C(=O)Nc1ccc(S(=O)(=O)N2CCN(C(=O)N[C@H]3CCNC3)CC2)cc1. The van der Waals surface area contributed by atoms with Crippen molar-refractivity contribution in [1.29, 1.82) is 0 Å². The van der Waals surface area contributed by atoms with Crippen molar-refractivity contribution in [2.75, 3.05) is 44.6 Å². The molecule has 0 saturated carbocycles. The highest BCUT2D eigenvalue weighted by molar-refractivity contribution is 7.89. The maximum Gasteiger partial charge on any atom is 0.435 e. The lowest BCUT2D eigenvalue weighted by Crippen LogP contribution is -2.54. The quantitative estimate of drug-likeness (QED) is 0.315. The summed E-state index contributed by atoms with van der Waals surface area (Å²) in [4.78, 5) is 30.9. The van der Waals surface area contributed by atoms with Gasteiger partial charge in [-0.3, -0.25) is 9.48 Å². The van der Waals surface area contributed by atoms with E-state index in [2.05, 4.69) is 26.0 Å². The van der Waals surface area contributed by atoms with Crippen LogP contribution in [0.25, 0.3) is 11.3 Å². The van der Waals surface area contributed by atoms with Gasteiger partial charge in [-0.05, 0) is 37.2 Å². The van der Waals surface area contributed by atoms with Crippen LogP contribution in [0.5, 0.6) is 0 Å². The van der Waals surface area contributed by atoms with Crippen LogP contribution in [0.15, 0.2) is 41.6 Å². The van der Waals surface area contributed by atoms with Gasteiger partial charge in [-0.25, -0.2) is 27.0 Å². The molecule has 13 nitrogen and oxygen atoms in total. The molecule has 2 aromatic heterocycles. The van der Waals surface area contributed by atoms with Crippen molar-refractivity contribution in [3.05, 3.63) is 48.2 Å². The van der Waals surface area contributed by atoms with Gasteiger partial charge in [0.1, 0.15) is 6.54 Å². The highest BCUT2D eigenvalue weighted by Gasteiger charge is 2.39. The normalized spacial score (nSPS) is 18.0. The number of benzene rings is 1. The summed E-state index contributed by atoms with van der Waals surface area (Å²) < 4.78 is 95.5. The number of amides is 3. The lowest BCUT2D eigenvalue weighted by Gasteiger charge is -2.34. The zero-order valence-corrected chi connectivity index (χ0v) is 24.7. The summed E-state index contributed by atoms with van der Waals surface area (Å²) in [7, 11) is -2.61. The molecule has 2 fully saturated rings. The van der Waals surface area contributed by atoms with E-state index in [1.807, 2.05) is 0 Å². The number of halogens is 5. The largest absolute Gasteiger partial charge is 0.435 e. The highest BCUT2D eigenvalue weighted by Crippen LogP contribution is 2.36. The number of carbonyl (C=O) groups is 2. The zero-order valence-electron chi connectivity index (χ0n) is 23.9. The van der Waals surface area contributed by atoms with E-state index in [-0.39, 0.29) is 60.4 Å². The van der Waals surface area contributed by atoms with Crippen molar-refractivity contribution in [3.8, 4) is 11.3 Å². The van der Waals surface area contributed by atoms with Crippen LogP contribution in [0.1, 0.15) is 22.7 Å². The number of urea groups is 1. The molecule has 0 aliphatic carbocycles. The number of nitrogens with one attached hydrogen (secondary N) is 3. The molecule has 5 rings (SSSR count). The number of imidazole rings is 1. The Hall–Kier alpha value is -4.10. The van der Waals surface area contributed by atoms with Crippen LogP contribution < -0.4 is 16.0 Å². The molecular weight excluding hydrogens is 629 g/mol. The summed E-state index contributed by atoms with van der Waals surface area (Å²) in [5.41, 5.74) is -1.92. The number of alkyl halides is 5. The Morgan fingerprint density at radius 1 is 1.11 bits per heavy atom. The van der Waals surface area contributed by atoms with E-state index in [4.69, 9.17) is 0 Å². The highest BCUT2D eigenvalue weighted by atomic mass is 32.2. The van der Waals surface area contributed by atoms with Gasteiger partial charge in [0.05, 0.1) is 22.3 Å². The molecule has 1 atom stereocenters. The van der Waals surface area contributed by atoms with E-state index in [9.17, 15) is 40.0 Å². The van der Waals surface area contributed by atoms with E-state index < -0.39 is 46.3 Å². The fraction of sp³-hybridized carbons (Fsp3) is 0.462. The number of hydrogen-bond acceptors (Lipinski definition) is 7. The molecule has 0 bridgehead atoms. The molecule has 1 aromatic carbocycles. The Morgan fingerprint density at radius 2 is 1.80 bits per heavy atom. The first kappa shape index (κ1) is 32.3. The first-order valence-electron chi connectivity index (χ1n) is 13.9. The molecule has 2 saturated heterocycles. The summed E-state index contributed by atoms with van der Waals surface area (Å²) in [6.45, 7) is 1.14. The monoisotopic (exact) mass is 659 g/mol. The summed E-state index contributed by atoms with van der Waals surface area (Å²) in [6.07, 6.45) is -5.24. The van der Waals surface area contributed by atoms with Gasteiger partial charge in [0.15, 0.2) is 11.5 Å². The van der Waals surface area contributed by atoms with Gasteiger partial charge < -0.3 is 25.4 Å². The van der Waals surface area contributed by atoms with Gasteiger partial charge >= 0.3 is 12.2 Å². The average molecular weight is 660 g/mol. The summed E-state index contributed by atoms with van der Waals surface area (Å²) in [5, 5.41) is 11.9. The molecule has 3 N–H and O–H groups in total. The molecule has 2 aliphatic rings. The van der Waals surface area contributed by atoms with Crippen molar-refractivity contribution in [1.82, 2.24) is 39.2 Å². The third kappa shape index (κ3) is 7.09. The molecular formula is C26H30F5N9O4S. The molecule has 0 radical (unpaired) electrons. The molecule has 3 amide bonds. The maximum atomic E-state index is 13.6. The van der Waals surface area contributed by atoms with Crippen LogP contribution in [0, 0.1) is 0 Å². The third-order valence-corrected chi connectivity index (χ3v) is 9.40. The molecule has 2 aliphatic heterocycles. The van der Waals surface area contributed by atoms with Crippen molar-refractivity contribution >= 4 is 27.6 Å². The minimum atomic E-state index is -4.95. The molecule has 3 aromatic rings. The molecule has 45 heavy (non-hydrogen) atoms. The van der Waals surface area contributed by atoms with Crippen molar-refractivity contribution in [2.45, 2.75) is 36.5 Å². The maximum absolute atomic E-state index is 13.6. The second-order valence-electron chi connectivity index (χ2n) is 10.5. The predicted molar refractivity (Wildman–Crippen MR) is 150 cm³/mol. The second-order valence-corrected chi connectivity index (χ2v) is 12.5. The number of piperazine rings is 1. The van der Waals surface area contributed by atoms with E-state index >= 15 is 0 Å². The lowest BCUT2D eigenvalue weighted by molar-refractivity contribution is -0.141. The van der Waals surface area contributed by atoms with Crippen LogP contribution in [0.2, 0.25) is 0 Å². The molecule has 4 heterocycles. The lowest BCUT2D eigenvalue weighted by atomic mass is 10.2. The molecule has 244 valence electrons. The Labute approximate surface area is 254 Å². The van der Waals surface area contributed by atoms with Crippen LogP contribution in [-0.2, 0) is 29.8 Å². The van der Waals surface area contributed by atoms with E-state index in [1.165, 1.54) is 35.6 Å². The minimum absolute atomic E-state index is 0.0322. The van der Waals surface area contributed by atoms with Gasteiger partial charge in [-0.1, -0.05) is 0 Å². The fourth-order valence-corrected chi connectivity index (χ4v) is 6.57. The number of sulfonamides is 1. The Bertz CT molecular complexity index is 1640. The zero-order chi connectivity index (χ0) is 32.5. The van der Waals surface area contributed by atoms with Gasteiger partial charge in [-0.15, -0.1) is 0 Å². The minimum Gasteiger partial charge on any atom is -0.334 e. The van der Waals surface area contributed by atoms with Crippen molar-refractivity contribution in [2.24, 2.45) is 7.05 Å². The smallest absolute Gasteiger partial charge is 0.334 e. The number of aromatic nitrogens is 4. The summed E-state index contributed by atoms with van der Waals surface area (Å²) in [5.74, 6) is -1.10. The van der Waals surface area contributed by atoms with Gasteiger partial charge in [-0.2, -0.15) is 22.6 Å². The molecule has 19 heteroatoms. The van der Waals surface area contributed by atoms with Crippen LogP contribution >= 0.6 is 0 Å². The average Bonchev–Trinajstić information content (AvgIpc) is 3.73. The van der Waals surface area contributed by atoms with Crippen LogP contribution in [0.3, 0.4) is 0 Å². The standard InChI is InChI=1S/C26H30F5N9O4S/c1-37-20(19-14-39(15-21(27)28)36-22(19)26(29,30)31)13-33-23(37)24(41)34-16-2-4-18(5-3-16)45(43,44)40-10-8-38(9-11-40)25(42)35-17-6-7-32-12-17/h2-5,13-14,17,21,32H,6-12,15H2,1H3,(H,34,41)(H,35,42)/t17-/m0/s1.